The summed E-state index contributed by atoms with van der Waals surface area (Å²) >= 11 is 0. The Labute approximate surface area is 131 Å². The van der Waals surface area contributed by atoms with Gasteiger partial charge < -0.3 is 24.3 Å². The van der Waals surface area contributed by atoms with Crippen LogP contribution in [0.1, 0.15) is 38.1 Å². The highest BCUT2D eigenvalue weighted by Crippen LogP contribution is 2.30. The molecule has 0 spiro atoms. The topological polar surface area (TPSA) is 109 Å². The molecule has 2 aromatic heterocycles. The molecule has 8 nitrogen and oxygen atoms in total. The van der Waals surface area contributed by atoms with Crippen LogP contribution in [0.5, 0.6) is 0 Å². The number of nitrogens with two attached hydrogens (primary N) is 1. The van der Waals surface area contributed by atoms with Crippen molar-refractivity contribution in [3.8, 4) is 0 Å². The monoisotopic (exact) mass is 320 g/mol. The lowest BCUT2D eigenvalue weighted by atomic mass is 10.1. The van der Waals surface area contributed by atoms with E-state index in [-0.39, 0.29) is 34.6 Å². The maximum Gasteiger partial charge on any atom is 0.355 e. The van der Waals surface area contributed by atoms with Crippen LogP contribution in [0, 0.1) is 0 Å². The number of hydrogen-bond donors (Lipinski definition) is 1. The van der Waals surface area contributed by atoms with E-state index in [1.807, 2.05) is 0 Å². The molecule has 23 heavy (non-hydrogen) atoms. The van der Waals surface area contributed by atoms with Crippen LogP contribution in [0.25, 0.3) is 5.52 Å². The first-order valence-electron chi connectivity index (χ1n) is 6.74. The molecule has 0 saturated heterocycles. The van der Waals surface area contributed by atoms with Gasteiger partial charge in [0.2, 0.25) is 0 Å². The van der Waals surface area contributed by atoms with E-state index in [1.165, 1.54) is 17.7 Å². The highest BCUT2D eigenvalue weighted by atomic mass is 16.5. The zero-order valence-electron chi connectivity index (χ0n) is 12.9. The average molecular weight is 320 g/mol. The lowest BCUT2D eigenvalue weighted by Gasteiger charge is -2.05. The number of pyridine rings is 1. The van der Waals surface area contributed by atoms with Crippen LogP contribution < -0.4 is 5.73 Å². The SMILES string of the molecule is CCOC(=O)c1c(C(=O)OC)c(C(=O)OC)n2cccc(N)c12. The number of hydrogen-bond acceptors (Lipinski definition) is 7. The Morgan fingerprint density at radius 1 is 1.09 bits per heavy atom. The fraction of sp³-hybridized carbons (Fsp3) is 0.267. The summed E-state index contributed by atoms with van der Waals surface area (Å²) in [5, 5.41) is 0. The Kier molecular flexibility index (Phi) is 4.54. The second-order valence-corrected chi connectivity index (χ2v) is 4.48. The molecule has 0 fully saturated rings. The van der Waals surface area contributed by atoms with Crippen LogP contribution >= 0.6 is 0 Å². The molecule has 0 saturated carbocycles. The molecular weight excluding hydrogens is 304 g/mol. The molecule has 2 rings (SSSR count). The van der Waals surface area contributed by atoms with Crippen LogP contribution in [-0.4, -0.2) is 43.1 Å². The van der Waals surface area contributed by atoms with E-state index in [2.05, 4.69) is 0 Å². The largest absolute Gasteiger partial charge is 0.465 e. The molecule has 2 N–H and O–H groups in total. The number of fused-ring (bicyclic) bond motifs is 1. The first-order chi connectivity index (χ1) is 11.0. The molecule has 8 heteroatoms. The Balaban J connectivity index is 2.97. The van der Waals surface area contributed by atoms with Gasteiger partial charge in [-0.15, -0.1) is 0 Å². The molecule has 0 atom stereocenters. The molecule has 0 amide bonds. The highest BCUT2D eigenvalue weighted by Gasteiger charge is 2.34. The van der Waals surface area contributed by atoms with Crippen LogP contribution in [0.4, 0.5) is 5.69 Å². The molecule has 0 aliphatic heterocycles. The van der Waals surface area contributed by atoms with Crippen molar-refractivity contribution in [2.75, 3.05) is 26.6 Å². The van der Waals surface area contributed by atoms with Gasteiger partial charge in [-0.25, -0.2) is 14.4 Å². The van der Waals surface area contributed by atoms with Crippen LogP contribution in [0.3, 0.4) is 0 Å². The first-order valence-corrected chi connectivity index (χ1v) is 6.74. The number of anilines is 1. The molecule has 0 bridgehead atoms. The number of ether oxygens (including phenoxy) is 3. The summed E-state index contributed by atoms with van der Waals surface area (Å²) in [4.78, 5) is 36.6. The number of aromatic nitrogens is 1. The van der Waals surface area contributed by atoms with E-state index in [9.17, 15) is 14.4 Å². The van der Waals surface area contributed by atoms with E-state index >= 15 is 0 Å². The lowest BCUT2D eigenvalue weighted by molar-refractivity contribution is 0.0503. The van der Waals surface area contributed by atoms with Gasteiger partial charge in [0, 0.05) is 6.20 Å². The molecule has 0 aliphatic carbocycles. The smallest absolute Gasteiger partial charge is 0.355 e. The van der Waals surface area contributed by atoms with Gasteiger partial charge in [-0.05, 0) is 19.1 Å². The van der Waals surface area contributed by atoms with Crippen molar-refractivity contribution in [1.82, 2.24) is 4.40 Å². The van der Waals surface area contributed by atoms with Crippen molar-refractivity contribution < 1.29 is 28.6 Å². The third-order valence-corrected chi connectivity index (χ3v) is 3.24. The average Bonchev–Trinajstić information content (AvgIpc) is 2.90. The second kappa shape index (κ2) is 6.39. The zero-order chi connectivity index (χ0) is 17.1. The number of carbonyl (C=O) groups excluding carboxylic acids is 3. The molecule has 122 valence electrons. The maximum absolute atomic E-state index is 12.3. The summed E-state index contributed by atoms with van der Waals surface area (Å²) in [6.45, 7) is 1.72. The predicted octanol–water partition coefficient (Wildman–Crippen LogP) is 1.27. The van der Waals surface area contributed by atoms with Gasteiger partial charge in [-0.2, -0.15) is 0 Å². The number of nitrogen functional groups attached to an aromatic ring is 1. The summed E-state index contributed by atoms with van der Waals surface area (Å²) in [5.41, 5.74) is 5.80. The van der Waals surface area contributed by atoms with Crippen molar-refractivity contribution in [3.05, 3.63) is 35.2 Å². The summed E-state index contributed by atoms with van der Waals surface area (Å²) < 4.78 is 15.7. The summed E-state index contributed by atoms with van der Waals surface area (Å²) in [6.07, 6.45) is 1.49. The third-order valence-electron chi connectivity index (χ3n) is 3.24. The quantitative estimate of drug-likeness (QED) is 0.667. The number of esters is 3. The Bertz CT molecular complexity index is 793. The number of methoxy groups -OCH3 is 2. The van der Waals surface area contributed by atoms with Crippen molar-refractivity contribution in [2.24, 2.45) is 0 Å². The number of carbonyl (C=O) groups is 3. The summed E-state index contributed by atoms with van der Waals surface area (Å²) in [5.74, 6) is -2.45. The molecule has 0 unspecified atom stereocenters. The van der Waals surface area contributed by atoms with Crippen molar-refractivity contribution in [2.45, 2.75) is 6.92 Å². The zero-order valence-corrected chi connectivity index (χ0v) is 12.9. The Morgan fingerprint density at radius 2 is 1.74 bits per heavy atom. The molecule has 2 heterocycles. The number of nitrogens with zero attached hydrogens (tertiary/aromatic N) is 1. The van der Waals surface area contributed by atoms with E-state index in [4.69, 9.17) is 19.9 Å². The molecular formula is C15H16N2O6. The molecule has 0 aromatic carbocycles. The van der Waals surface area contributed by atoms with Gasteiger partial charge in [0.15, 0.2) is 0 Å². The van der Waals surface area contributed by atoms with Crippen LogP contribution in [-0.2, 0) is 14.2 Å². The first kappa shape index (κ1) is 16.3. The number of rotatable bonds is 4. The van der Waals surface area contributed by atoms with Crippen molar-refractivity contribution in [1.29, 1.82) is 0 Å². The van der Waals surface area contributed by atoms with Gasteiger partial charge in [-0.3, -0.25) is 0 Å². The van der Waals surface area contributed by atoms with E-state index < -0.39 is 17.9 Å². The van der Waals surface area contributed by atoms with Crippen LogP contribution in [0.15, 0.2) is 18.3 Å². The minimum Gasteiger partial charge on any atom is -0.465 e. The van der Waals surface area contributed by atoms with Gasteiger partial charge in [0.25, 0.3) is 0 Å². The second-order valence-electron chi connectivity index (χ2n) is 4.48. The van der Waals surface area contributed by atoms with E-state index in [0.717, 1.165) is 7.11 Å². The van der Waals surface area contributed by atoms with Crippen molar-refractivity contribution >= 4 is 29.1 Å². The molecule has 2 aromatic rings. The summed E-state index contributed by atoms with van der Waals surface area (Å²) in [6, 6.07) is 3.12. The third kappa shape index (κ3) is 2.59. The minimum atomic E-state index is -0.864. The maximum atomic E-state index is 12.3. The highest BCUT2D eigenvalue weighted by molar-refractivity contribution is 6.16. The van der Waals surface area contributed by atoms with Crippen molar-refractivity contribution in [3.63, 3.8) is 0 Å². The molecule has 0 radical (unpaired) electrons. The molecule has 0 aliphatic rings. The van der Waals surface area contributed by atoms with E-state index in [1.54, 1.807) is 19.1 Å². The fourth-order valence-electron chi connectivity index (χ4n) is 2.33. The normalized spacial score (nSPS) is 10.4. The summed E-state index contributed by atoms with van der Waals surface area (Å²) in [7, 11) is 2.31. The predicted molar refractivity (Wildman–Crippen MR) is 80.4 cm³/mol. The van der Waals surface area contributed by atoms with Gasteiger partial charge in [0.1, 0.15) is 16.8 Å². The van der Waals surface area contributed by atoms with Gasteiger partial charge >= 0.3 is 17.9 Å². The Hall–Kier alpha value is -3.03. The fourth-order valence-corrected chi connectivity index (χ4v) is 2.33. The Morgan fingerprint density at radius 3 is 2.30 bits per heavy atom. The lowest BCUT2D eigenvalue weighted by Crippen LogP contribution is -2.16. The minimum absolute atomic E-state index is 0.0943. The van der Waals surface area contributed by atoms with E-state index in [0.29, 0.717) is 0 Å². The van der Waals surface area contributed by atoms with Crippen LogP contribution in [0.2, 0.25) is 0 Å². The standard InChI is InChI=1S/C15H16N2O6/c1-4-23-14(19)9-10(13(18)21-2)12(15(20)22-3)17-7-5-6-8(16)11(9)17/h5-7H,4,16H2,1-3H3. The van der Waals surface area contributed by atoms with Gasteiger partial charge in [0.05, 0.1) is 32.0 Å². The van der Waals surface area contributed by atoms with Gasteiger partial charge in [-0.1, -0.05) is 0 Å².